The lowest BCUT2D eigenvalue weighted by molar-refractivity contribution is 0.0775. The maximum absolute atomic E-state index is 12.3. The average Bonchev–Trinajstić information content (AvgIpc) is 2.39. The van der Waals surface area contributed by atoms with E-state index in [1.165, 1.54) is 0 Å². The summed E-state index contributed by atoms with van der Waals surface area (Å²) in [5.74, 6) is 0.0549. The Morgan fingerprint density at radius 3 is 2.59 bits per heavy atom. The molecule has 17 heavy (non-hydrogen) atoms. The first-order valence-electron chi connectivity index (χ1n) is 5.91. The summed E-state index contributed by atoms with van der Waals surface area (Å²) < 4.78 is 0. The van der Waals surface area contributed by atoms with Crippen LogP contribution in [0.5, 0.6) is 0 Å². The predicted octanol–water partition coefficient (Wildman–Crippen LogP) is 2.72. The Hall–Kier alpha value is -1.90. The highest BCUT2D eigenvalue weighted by Crippen LogP contribution is 2.17. The summed E-state index contributed by atoms with van der Waals surface area (Å²) in [5, 5.41) is 1.01. The second kappa shape index (κ2) is 4.95. The Labute approximate surface area is 101 Å². The molecule has 0 aliphatic heterocycles. The van der Waals surface area contributed by atoms with Gasteiger partial charge in [0.1, 0.15) is 0 Å². The molecule has 3 heteroatoms. The minimum absolute atomic E-state index is 0.0549. The first-order chi connectivity index (χ1) is 8.27. The van der Waals surface area contributed by atoms with Crippen molar-refractivity contribution in [3.05, 3.63) is 42.1 Å². The maximum atomic E-state index is 12.3. The normalized spacial score (nSPS) is 10.5. The molecule has 0 radical (unpaired) electrons. The second-order valence-electron chi connectivity index (χ2n) is 3.86. The fourth-order valence-electron chi connectivity index (χ4n) is 1.96. The van der Waals surface area contributed by atoms with Crippen molar-refractivity contribution < 1.29 is 4.79 Å². The summed E-state index contributed by atoms with van der Waals surface area (Å²) in [5.41, 5.74) is 1.47. The molecule has 0 aliphatic carbocycles. The van der Waals surface area contributed by atoms with Crippen molar-refractivity contribution in [3.8, 4) is 0 Å². The van der Waals surface area contributed by atoms with Crippen molar-refractivity contribution in [1.82, 2.24) is 9.88 Å². The second-order valence-corrected chi connectivity index (χ2v) is 3.86. The van der Waals surface area contributed by atoms with Gasteiger partial charge in [-0.2, -0.15) is 0 Å². The molecule has 1 heterocycles. The molecular formula is C14H16N2O. The van der Waals surface area contributed by atoms with Gasteiger partial charge in [0.25, 0.3) is 5.91 Å². The molecular weight excluding hydrogens is 212 g/mol. The van der Waals surface area contributed by atoms with Crippen LogP contribution in [0.25, 0.3) is 10.9 Å². The van der Waals surface area contributed by atoms with E-state index in [1.807, 2.05) is 49.1 Å². The van der Waals surface area contributed by atoms with Gasteiger partial charge in [0.05, 0.1) is 11.1 Å². The van der Waals surface area contributed by atoms with Gasteiger partial charge in [-0.1, -0.05) is 18.2 Å². The number of carbonyl (C=O) groups excluding carboxylic acids is 1. The SMILES string of the molecule is CCN(CC)C(=O)c1cccc2cccnc12. The molecule has 2 rings (SSSR count). The number of carbonyl (C=O) groups is 1. The van der Waals surface area contributed by atoms with Crippen molar-refractivity contribution in [1.29, 1.82) is 0 Å². The zero-order valence-corrected chi connectivity index (χ0v) is 10.2. The molecule has 2 aromatic rings. The average molecular weight is 228 g/mol. The molecule has 0 bridgehead atoms. The van der Waals surface area contributed by atoms with Gasteiger partial charge in [-0.05, 0) is 26.0 Å². The van der Waals surface area contributed by atoms with Gasteiger partial charge >= 0.3 is 0 Å². The first-order valence-corrected chi connectivity index (χ1v) is 5.91. The summed E-state index contributed by atoms with van der Waals surface area (Å²) in [6, 6.07) is 9.58. The Morgan fingerprint density at radius 2 is 1.88 bits per heavy atom. The topological polar surface area (TPSA) is 33.2 Å². The van der Waals surface area contributed by atoms with Gasteiger partial charge in [0, 0.05) is 24.7 Å². The highest BCUT2D eigenvalue weighted by Gasteiger charge is 2.15. The van der Waals surface area contributed by atoms with E-state index in [2.05, 4.69) is 4.98 Å². The van der Waals surface area contributed by atoms with Crippen LogP contribution in [0.3, 0.4) is 0 Å². The summed E-state index contributed by atoms with van der Waals surface area (Å²) >= 11 is 0. The number of rotatable bonds is 3. The molecule has 0 N–H and O–H groups in total. The van der Waals surface area contributed by atoms with Crippen LogP contribution in [0.1, 0.15) is 24.2 Å². The number of fused-ring (bicyclic) bond motifs is 1. The molecule has 0 spiro atoms. The van der Waals surface area contributed by atoms with Crippen LogP contribution < -0.4 is 0 Å². The zero-order valence-electron chi connectivity index (χ0n) is 10.2. The fraction of sp³-hybridized carbons (Fsp3) is 0.286. The Bertz CT molecular complexity index is 527. The Balaban J connectivity index is 2.52. The number of hydrogen-bond acceptors (Lipinski definition) is 2. The largest absolute Gasteiger partial charge is 0.339 e. The molecule has 1 aromatic heterocycles. The first kappa shape index (κ1) is 11.6. The summed E-state index contributed by atoms with van der Waals surface area (Å²) in [4.78, 5) is 18.4. The molecule has 0 atom stereocenters. The number of aromatic nitrogens is 1. The smallest absolute Gasteiger partial charge is 0.256 e. The summed E-state index contributed by atoms with van der Waals surface area (Å²) in [6.45, 7) is 5.41. The van der Waals surface area contributed by atoms with E-state index < -0.39 is 0 Å². The Kier molecular flexibility index (Phi) is 3.38. The third kappa shape index (κ3) is 2.13. The number of para-hydroxylation sites is 1. The third-order valence-corrected chi connectivity index (χ3v) is 2.91. The molecule has 1 amide bonds. The number of hydrogen-bond donors (Lipinski definition) is 0. The number of nitrogens with zero attached hydrogens (tertiary/aromatic N) is 2. The monoisotopic (exact) mass is 228 g/mol. The molecule has 0 aliphatic rings. The van der Waals surface area contributed by atoms with Gasteiger partial charge < -0.3 is 4.90 Å². The van der Waals surface area contributed by atoms with E-state index >= 15 is 0 Å². The van der Waals surface area contributed by atoms with Gasteiger partial charge in [-0.15, -0.1) is 0 Å². The van der Waals surface area contributed by atoms with Crippen LogP contribution in [0, 0.1) is 0 Å². The lowest BCUT2D eigenvalue weighted by Gasteiger charge is -2.19. The van der Waals surface area contributed by atoms with E-state index in [0.717, 1.165) is 24.0 Å². The highest BCUT2D eigenvalue weighted by atomic mass is 16.2. The molecule has 0 saturated carbocycles. The van der Waals surface area contributed by atoms with Crippen LogP contribution in [-0.2, 0) is 0 Å². The molecule has 88 valence electrons. The molecule has 3 nitrogen and oxygen atoms in total. The number of amides is 1. The fourth-order valence-corrected chi connectivity index (χ4v) is 1.96. The van der Waals surface area contributed by atoms with E-state index in [0.29, 0.717) is 5.56 Å². The standard InChI is InChI=1S/C14H16N2O/c1-3-16(4-2)14(17)12-9-5-7-11-8-6-10-15-13(11)12/h5-10H,3-4H2,1-2H3. The van der Waals surface area contributed by atoms with Gasteiger partial charge in [0.15, 0.2) is 0 Å². The van der Waals surface area contributed by atoms with Crippen LogP contribution >= 0.6 is 0 Å². The van der Waals surface area contributed by atoms with Crippen LogP contribution in [0.4, 0.5) is 0 Å². The minimum Gasteiger partial charge on any atom is -0.339 e. The Morgan fingerprint density at radius 1 is 1.18 bits per heavy atom. The van der Waals surface area contributed by atoms with Crippen LogP contribution in [-0.4, -0.2) is 28.9 Å². The minimum atomic E-state index is 0.0549. The van der Waals surface area contributed by atoms with Crippen LogP contribution in [0.2, 0.25) is 0 Å². The molecule has 1 aromatic carbocycles. The molecule has 0 unspecified atom stereocenters. The molecule has 0 saturated heterocycles. The summed E-state index contributed by atoms with van der Waals surface area (Å²) in [6.07, 6.45) is 1.72. The lowest BCUT2D eigenvalue weighted by Crippen LogP contribution is -2.30. The number of pyridine rings is 1. The van der Waals surface area contributed by atoms with Crippen LogP contribution in [0.15, 0.2) is 36.5 Å². The van der Waals surface area contributed by atoms with Crippen molar-refractivity contribution in [2.24, 2.45) is 0 Å². The zero-order chi connectivity index (χ0) is 12.3. The van der Waals surface area contributed by atoms with Crippen molar-refractivity contribution >= 4 is 16.8 Å². The van der Waals surface area contributed by atoms with E-state index in [1.54, 1.807) is 6.20 Å². The van der Waals surface area contributed by atoms with Crippen molar-refractivity contribution in [2.45, 2.75) is 13.8 Å². The third-order valence-electron chi connectivity index (χ3n) is 2.91. The summed E-state index contributed by atoms with van der Waals surface area (Å²) in [7, 11) is 0. The number of benzene rings is 1. The highest BCUT2D eigenvalue weighted by molar-refractivity contribution is 6.05. The van der Waals surface area contributed by atoms with E-state index in [4.69, 9.17) is 0 Å². The van der Waals surface area contributed by atoms with Gasteiger partial charge in [0.2, 0.25) is 0 Å². The predicted molar refractivity (Wildman–Crippen MR) is 69.0 cm³/mol. The van der Waals surface area contributed by atoms with Crippen molar-refractivity contribution in [3.63, 3.8) is 0 Å². The molecule has 0 fully saturated rings. The van der Waals surface area contributed by atoms with Gasteiger partial charge in [-0.25, -0.2) is 0 Å². The van der Waals surface area contributed by atoms with E-state index in [-0.39, 0.29) is 5.91 Å². The maximum Gasteiger partial charge on any atom is 0.256 e. The van der Waals surface area contributed by atoms with E-state index in [9.17, 15) is 4.79 Å². The van der Waals surface area contributed by atoms with Crippen molar-refractivity contribution in [2.75, 3.05) is 13.1 Å². The quantitative estimate of drug-likeness (QED) is 0.809. The van der Waals surface area contributed by atoms with Gasteiger partial charge in [-0.3, -0.25) is 9.78 Å². The lowest BCUT2D eigenvalue weighted by atomic mass is 10.1.